The van der Waals surface area contributed by atoms with Crippen molar-refractivity contribution < 1.29 is 17.6 Å². The van der Waals surface area contributed by atoms with Crippen LogP contribution in [0.15, 0.2) is 41.3 Å². The van der Waals surface area contributed by atoms with Crippen molar-refractivity contribution in [1.82, 2.24) is 4.31 Å². The Hall–Kier alpha value is -2.47. The van der Waals surface area contributed by atoms with Gasteiger partial charge in [-0.1, -0.05) is 11.6 Å². The Morgan fingerprint density at radius 2 is 1.82 bits per heavy atom. The van der Waals surface area contributed by atoms with E-state index in [1.54, 1.807) is 18.2 Å². The van der Waals surface area contributed by atoms with Crippen molar-refractivity contribution in [1.29, 1.82) is 5.26 Å². The second-order valence-electron chi connectivity index (χ2n) is 6.37. The van der Waals surface area contributed by atoms with Crippen LogP contribution in [0.2, 0.25) is 5.02 Å². The van der Waals surface area contributed by atoms with Crippen LogP contribution in [0.25, 0.3) is 0 Å². The molecule has 0 saturated carbocycles. The number of rotatable bonds is 4. The van der Waals surface area contributed by atoms with Crippen molar-refractivity contribution in [2.24, 2.45) is 0 Å². The Bertz CT molecular complexity index is 1070. The number of hydrogen-bond acceptors (Lipinski definition) is 5. The normalized spacial score (nSPS) is 15.3. The predicted molar refractivity (Wildman–Crippen MR) is 104 cm³/mol. The zero-order valence-electron chi connectivity index (χ0n) is 15.0. The van der Waals surface area contributed by atoms with E-state index in [-0.39, 0.29) is 28.8 Å². The molecule has 0 aliphatic carbocycles. The van der Waals surface area contributed by atoms with E-state index in [1.807, 2.05) is 11.0 Å². The second-order valence-corrected chi connectivity index (χ2v) is 8.71. The van der Waals surface area contributed by atoms with Gasteiger partial charge in [0.2, 0.25) is 10.0 Å². The highest BCUT2D eigenvalue weighted by Gasteiger charge is 2.30. The molecule has 0 spiro atoms. The van der Waals surface area contributed by atoms with Crippen LogP contribution < -0.4 is 4.90 Å². The van der Waals surface area contributed by atoms with Crippen LogP contribution in [0.3, 0.4) is 0 Å². The zero-order valence-corrected chi connectivity index (χ0v) is 16.6. The van der Waals surface area contributed by atoms with Gasteiger partial charge in [-0.25, -0.2) is 12.8 Å². The lowest BCUT2D eigenvalue weighted by Crippen LogP contribution is -2.49. The number of sulfonamides is 1. The fourth-order valence-corrected chi connectivity index (χ4v) is 4.81. The first-order valence-electron chi connectivity index (χ1n) is 8.49. The van der Waals surface area contributed by atoms with Crippen molar-refractivity contribution >= 4 is 33.1 Å². The van der Waals surface area contributed by atoms with Crippen molar-refractivity contribution in [2.75, 3.05) is 31.1 Å². The first kappa shape index (κ1) is 20.3. The van der Waals surface area contributed by atoms with Crippen LogP contribution in [0.5, 0.6) is 0 Å². The Morgan fingerprint density at radius 1 is 1.14 bits per heavy atom. The number of carbonyl (C=O) groups is 1. The van der Waals surface area contributed by atoms with E-state index < -0.39 is 15.8 Å². The summed E-state index contributed by atoms with van der Waals surface area (Å²) in [4.78, 5) is 13.7. The monoisotopic (exact) mass is 421 g/mol. The molecule has 0 N–H and O–H groups in total. The van der Waals surface area contributed by atoms with Gasteiger partial charge in [-0.15, -0.1) is 0 Å². The van der Waals surface area contributed by atoms with Gasteiger partial charge in [0, 0.05) is 37.4 Å². The van der Waals surface area contributed by atoms with Gasteiger partial charge in [0.15, 0.2) is 5.78 Å². The van der Waals surface area contributed by atoms with Crippen molar-refractivity contribution in [3.8, 4) is 6.07 Å². The Balaban J connectivity index is 1.82. The molecule has 3 rings (SSSR count). The highest BCUT2D eigenvalue weighted by molar-refractivity contribution is 7.89. The van der Waals surface area contributed by atoms with Gasteiger partial charge in [-0.05, 0) is 43.3 Å². The Kier molecular flexibility index (Phi) is 5.70. The number of ketones is 1. The minimum atomic E-state index is -3.81. The van der Waals surface area contributed by atoms with E-state index in [2.05, 4.69) is 0 Å². The molecule has 146 valence electrons. The molecule has 2 aromatic carbocycles. The predicted octanol–water partition coefficient (Wildman–Crippen LogP) is 3.06. The van der Waals surface area contributed by atoms with Gasteiger partial charge < -0.3 is 4.90 Å². The summed E-state index contributed by atoms with van der Waals surface area (Å²) in [6.45, 7) is 2.52. The SMILES string of the molecule is CC(=O)c1ccc(C#N)cc1N1CCN(S(=O)(=O)c2ccc(F)c(Cl)c2)CC1. The van der Waals surface area contributed by atoms with Crippen LogP contribution in [0.1, 0.15) is 22.8 Å². The number of carbonyl (C=O) groups excluding carboxylic acids is 1. The second kappa shape index (κ2) is 7.87. The molecule has 6 nitrogen and oxygen atoms in total. The molecule has 1 aliphatic rings. The minimum absolute atomic E-state index is 0.0664. The summed E-state index contributed by atoms with van der Waals surface area (Å²) in [5.74, 6) is -0.810. The highest BCUT2D eigenvalue weighted by Crippen LogP contribution is 2.27. The molecule has 0 aromatic heterocycles. The van der Waals surface area contributed by atoms with E-state index in [0.29, 0.717) is 29.9 Å². The molecule has 1 aliphatic heterocycles. The molecule has 9 heteroatoms. The number of nitrogens with zero attached hydrogens (tertiary/aromatic N) is 3. The fourth-order valence-electron chi connectivity index (χ4n) is 3.12. The van der Waals surface area contributed by atoms with Crippen molar-refractivity contribution in [2.45, 2.75) is 11.8 Å². The number of nitriles is 1. The maximum atomic E-state index is 13.3. The van der Waals surface area contributed by atoms with Gasteiger partial charge in [0.05, 0.1) is 21.6 Å². The first-order chi connectivity index (χ1) is 13.2. The van der Waals surface area contributed by atoms with Crippen LogP contribution in [-0.2, 0) is 10.0 Å². The quantitative estimate of drug-likeness (QED) is 0.708. The van der Waals surface area contributed by atoms with Crippen molar-refractivity contribution in [3.05, 3.63) is 58.4 Å². The average Bonchev–Trinajstić information content (AvgIpc) is 2.69. The lowest BCUT2D eigenvalue weighted by Gasteiger charge is -2.36. The highest BCUT2D eigenvalue weighted by atomic mass is 35.5. The largest absolute Gasteiger partial charge is 0.368 e. The minimum Gasteiger partial charge on any atom is -0.368 e. The number of anilines is 1. The molecule has 28 heavy (non-hydrogen) atoms. The van der Waals surface area contributed by atoms with E-state index in [0.717, 1.165) is 12.1 Å². The van der Waals surface area contributed by atoms with Gasteiger partial charge in [-0.2, -0.15) is 9.57 Å². The third kappa shape index (κ3) is 3.87. The summed E-state index contributed by atoms with van der Waals surface area (Å²) in [6, 6.07) is 10.2. The molecule has 0 atom stereocenters. The van der Waals surface area contributed by atoms with Gasteiger partial charge >= 0.3 is 0 Å². The molecule has 0 radical (unpaired) electrons. The molecule has 1 saturated heterocycles. The molecular formula is C19H17ClFN3O3S. The number of piperazine rings is 1. The van der Waals surface area contributed by atoms with E-state index in [9.17, 15) is 17.6 Å². The number of Topliss-reactive ketones (excluding diaryl/α,β-unsaturated/α-hetero) is 1. The third-order valence-electron chi connectivity index (χ3n) is 4.61. The van der Waals surface area contributed by atoms with E-state index in [4.69, 9.17) is 16.9 Å². The number of halogens is 2. The first-order valence-corrected chi connectivity index (χ1v) is 10.3. The summed E-state index contributed by atoms with van der Waals surface area (Å²) in [6.07, 6.45) is 0. The fraction of sp³-hybridized carbons (Fsp3) is 0.263. The maximum Gasteiger partial charge on any atom is 0.243 e. The molecule has 1 fully saturated rings. The van der Waals surface area contributed by atoms with E-state index in [1.165, 1.54) is 17.3 Å². The van der Waals surface area contributed by atoms with Gasteiger partial charge in [-0.3, -0.25) is 4.79 Å². The molecule has 0 bridgehead atoms. The maximum absolute atomic E-state index is 13.3. The number of benzene rings is 2. The van der Waals surface area contributed by atoms with Crippen LogP contribution >= 0.6 is 11.6 Å². The summed E-state index contributed by atoms with van der Waals surface area (Å²) < 4.78 is 40.2. The lowest BCUT2D eigenvalue weighted by molar-refractivity contribution is 0.101. The number of hydrogen-bond donors (Lipinski definition) is 0. The molecular weight excluding hydrogens is 405 g/mol. The van der Waals surface area contributed by atoms with Gasteiger partial charge in [0.25, 0.3) is 0 Å². The Labute approximate surface area is 167 Å². The average molecular weight is 422 g/mol. The topological polar surface area (TPSA) is 81.5 Å². The molecule has 1 heterocycles. The smallest absolute Gasteiger partial charge is 0.243 e. The summed E-state index contributed by atoms with van der Waals surface area (Å²) in [5.41, 5.74) is 1.53. The van der Waals surface area contributed by atoms with Gasteiger partial charge in [0.1, 0.15) is 5.82 Å². The lowest BCUT2D eigenvalue weighted by atomic mass is 10.0. The summed E-state index contributed by atoms with van der Waals surface area (Å²) in [5, 5.41) is 8.88. The van der Waals surface area contributed by atoms with Crippen LogP contribution in [-0.4, -0.2) is 44.7 Å². The molecule has 2 aromatic rings. The standard InChI is InChI=1S/C19H17ClFN3O3S/c1-13(25)16-4-2-14(12-22)10-19(16)23-6-8-24(9-7-23)28(26,27)15-3-5-18(21)17(20)11-15/h2-5,10-11H,6-9H2,1H3. The van der Waals surface area contributed by atoms with Crippen LogP contribution in [0, 0.1) is 17.1 Å². The van der Waals surface area contributed by atoms with Crippen molar-refractivity contribution in [3.63, 3.8) is 0 Å². The molecule has 0 amide bonds. The summed E-state index contributed by atoms with van der Waals surface area (Å²) >= 11 is 5.71. The Morgan fingerprint density at radius 3 is 2.39 bits per heavy atom. The molecule has 0 unspecified atom stereocenters. The zero-order chi connectivity index (χ0) is 20.5. The van der Waals surface area contributed by atoms with E-state index >= 15 is 0 Å². The third-order valence-corrected chi connectivity index (χ3v) is 6.80. The summed E-state index contributed by atoms with van der Waals surface area (Å²) in [7, 11) is -3.81. The van der Waals surface area contributed by atoms with Crippen LogP contribution in [0.4, 0.5) is 10.1 Å².